The van der Waals surface area contributed by atoms with Gasteiger partial charge in [0, 0.05) is 12.6 Å². The van der Waals surface area contributed by atoms with Crippen molar-refractivity contribution in [3.05, 3.63) is 28.2 Å². The van der Waals surface area contributed by atoms with E-state index < -0.39 is 0 Å². The van der Waals surface area contributed by atoms with Crippen molar-refractivity contribution in [2.75, 3.05) is 13.2 Å². The Morgan fingerprint density at radius 1 is 1.62 bits per heavy atom. The third-order valence-corrected chi connectivity index (χ3v) is 2.75. The monoisotopic (exact) mass is 223 g/mol. The van der Waals surface area contributed by atoms with Crippen LogP contribution in [0.2, 0.25) is 0 Å². The third-order valence-electron chi connectivity index (χ3n) is 2.75. The average Bonchev–Trinajstić information content (AvgIpc) is 2.77. The lowest BCUT2D eigenvalue weighted by molar-refractivity contribution is 0.0670. The molecule has 0 unspecified atom stereocenters. The van der Waals surface area contributed by atoms with Gasteiger partial charge in [-0.15, -0.1) is 0 Å². The molecule has 0 spiro atoms. The Hall–Kier alpha value is -1.69. The summed E-state index contributed by atoms with van der Waals surface area (Å²) >= 11 is 0. The van der Waals surface area contributed by atoms with E-state index in [4.69, 9.17) is 5.11 Å². The maximum Gasteiger partial charge on any atom is 0.274 e. The molecule has 1 saturated heterocycles. The number of nitrogens with one attached hydrogen (secondary N) is 1. The lowest BCUT2D eigenvalue weighted by Crippen LogP contribution is -2.38. The molecule has 1 fully saturated rings. The second-order valence-corrected chi connectivity index (χ2v) is 3.78. The Kier molecular flexibility index (Phi) is 3.00. The predicted octanol–water partition coefficient (Wildman–Crippen LogP) is -0.633. The van der Waals surface area contributed by atoms with E-state index in [0.717, 1.165) is 12.8 Å². The van der Waals surface area contributed by atoms with E-state index in [1.54, 1.807) is 4.90 Å². The Bertz CT molecular complexity index is 423. The van der Waals surface area contributed by atoms with Crippen molar-refractivity contribution in [1.82, 2.24) is 15.1 Å². The average molecular weight is 223 g/mol. The van der Waals surface area contributed by atoms with Gasteiger partial charge in [-0.05, 0) is 18.9 Å². The van der Waals surface area contributed by atoms with Gasteiger partial charge in [0.15, 0.2) is 0 Å². The Labute approximate surface area is 91.9 Å². The van der Waals surface area contributed by atoms with Crippen LogP contribution in [0.1, 0.15) is 23.3 Å². The summed E-state index contributed by atoms with van der Waals surface area (Å²) in [6.07, 6.45) is 1.70. The van der Waals surface area contributed by atoms with E-state index in [-0.39, 0.29) is 29.8 Å². The molecular formula is C10H13N3O3. The van der Waals surface area contributed by atoms with Gasteiger partial charge in [-0.2, -0.15) is 5.10 Å². The highest BCUT2D eigenvalue weighted by atomic mass is 16.3. The van der Waals surface area contributed by atoms with Crippen LogP contribution in [0.25, 0.3) is 0 Å². The van der Waals surface area contributed by atoms with Gasteiger partial charge in [0.25, 0.3) is 11.5 Å². The molecule has 0 bridgehead atoms. The minimum absolute atomic E-state index is 0.0326. The summed E-state index contributed by atoms with van der Waals surface area (Å²) in [5.74, 6) is -0.243. The lowest BCUT2D eigenvalue weighted by Gasteiger charge is -2.22. The number of hydrogen-bond acceptors (Lipinski definition) is 4. The summed E-state index contributed by atoms with van der Waals surface area (Å²) in [4.78, 5) is 24.4. The second kappa shape index (κ2) is 4.44. The van der Waals surface area contributed by atoms with E-state index in [2.05, 4.69) is 10.2 Å². The Morgan fingerprint density at radius 3 is 3.06 bits per heavy atom. The van der Waals surface area contributed by atoms with Crippen molar-refractivity contribution >= 4 is 5.91 Å². The molecular weight excluding hydrogens is 210 g/mol. The van der Waals surface area contributed by atoms with Crippen molar-refractivity contribution in [2.45, 2.75) is 18.9 Å². The maximum atomic E-state index is 12.0. The van der Waals surface area contributed by atoms with Crippen LogP contribution in [0.5, 0.6) is 0 Å². The van der Waals surface area contributed by atoms with E-state index >= 15 is 0 Å². The molecule has 0 saturated carbocycles. The molecule has 1 aliphatic rings. The quantitative estimate of drug-likeness (QED) is 0.698. The fourth-order valence-electron chi connectivity index (χ4n) is 1.90. The van der Waals surface area contributed by atoms with Crippen molar-refractivity contribution in [3.8, 4) is 0 Å². The van der Waals surface area contributed by atoms with E-state index in [1.807, 2.05) is 0 Å². The molecule has 2 heterocycles. The molecule has 1 amide bonds. The molecule has 2 N–H and O–H groups in total. The van der Waals surface area contributed by atoms with Crippen LogP contribution in [-0.2, 0) is 0 Å². The Morgan fingerprint density at radius 2 is 2.44 bits per heavy atom. The predicted molar refractivity (Wildman–Crippen MR) is 56.0 cm³/mol. The number of amides is 1. The summed E-state index contributed by atoms with van der Waals surface area (Å²) < 4.78 is 0. The summed E-state index contributed by atoms with van der Waals surface area (Å²) in [6, 6.07) is 2.54. The van der Waals surface area contributed by atoms with Gasteiger partial charge in [-0.1, -0.05) is 0 Å². The minimum atomic E-state index is -0.336. The smallest absolute Gasteiger partial charge is 0.274 e. The number of hydrogen-bond donors (Lipinski definition) is 2. The van der Waals surface area contributed by atoms with E-state index in [9.17, 15) is 9.59 Å². The fraction of sp³-hybridized carbons (Fsp3) is 0.500. The van der Waals surface area contributed by atoms with Crippen LogP contribution in [0.15, 0.2) is 16.9 Å². The van der Waals surface area contributed by atoms with Crippen molar-refractivity contribution in [1.29, 1.82) is 0 Å². The molecule has 1 aromatic heterocycles. The summed E-state index contributed by atoms with van der Waals surface area (Å²) in [5, 5.41) is 15.0. The standard InChI is InChI=1S/C10H13N3O3/c14-6-7-2-1-5-13(7)10(16)8-3-4-9(15)12-11-8/h3-4,7,14H,1-2,5-6H2,(H,12,15)/t7-/m1/s1. The third kappa shape index (κ3) is 1.96. The number of carbonyl (C=O) groups is 1. The van der Waals surface area contributed by atoms with E-state index in [0.29, 0.717) is 6.54 Å². The van der Waals surface area contributed by atoms with Crippen molar-refractivity contribution < 1.29 is 9.90 Å². The molecule has 2 rings (SSSR count). The van der Waals surface area contributed by atoms with Crippen LogP contribution in [0.4, 0.5) is 0 Å². The second-order valence-electron chi connectivity index (χ2n) is 3.78. The largest absolute Gasteiger partial charge is 0.394 e. The first-order valence-electron chi connectivity index (χ1n) is 5.20. The summed E-state index contributed by atoms with van der Waals surface area (Å²) in [7, 11) is 0. The number of H-pyrrole nitrogens is 1. The van der Waals surface area contributed by atoms with Crippen LogP contribution in [-0.4, -0.2) is 45.3 Å². The number of likely N-dealkylation sites (tertiary alicyclic amines) is 1. The first-order valence-corrected chi connectivity index (χ1v) is 5.20. The SMILES string of the molecule is O=C(c1ccc(=O)[nH]n1)N1CCC[C@@H]1CO. The zero-order valence-electron chi connectivity index (χ0n) is 8.72. The molecule has 6 nitrogen and oxygen atoms in total. The van der Waals surface area contributed by atoms with Crippen LogP contribution < -0.4 is 5.56 Å². The van der Waals surface area contributed by atoms with Crippen LogP contribution in [0, 0.1) is 0 Å². The van der Waals surface area contributed by atoms with Crippen LogP contribution in [0.3, 0.4) is 0 Å². The normalized spacial score (nSPS) is 20.1. The van der Waals surface area contributed by atoms with Gasteiger partial charge in [0.2, 0.25) is 0 Å². The molecule has 0 aromatic carbocycles. The van der Waals surface area contributed by atoms with Gasteiger partial charge in [0.1, 0.15) is 5.69 Å². The first-order chi connectivity index (χ1) is 7.72. The number of aliphatic hydroxyl groups is 1. The number of aromatic amines is 1. The number of aliphatic hydroxyl groups excluding tert-OH is 1. The Balaban J connectivity index is 2.18. The zero-order chi connectivity index (χ0) is 11.5. The summed E-state index contributed by atoms with van der Waals surface area (Å²) in [5.41, 5.74) is -0.128. The number of aromatic nitrogens is 2. The van der Waals surface area contributed by atoms with Crippen molar-refractivity contribution in [2.24, 2.45) is 0 Å². The molecule has 1 aliphatic heterocycles. The molecule has 16 heavy (non-hydrogen) atoms. The topological polar surface area (TPSA) is 86.3 Å². The molecule has 6 heteroatoms. The molecule has 1 aromatic rings. The van der Waals surface area contributed by atoms with Gasteiger partial charge in [-0.3, -0.25) is 9.59 Å². The highest BCUT2D eigenvalue weighted by molar-refractivity contribution is 5.92. The van der Waals surface area contributed by atoms with Gasteiger partial charge in [0.05, 0.1) is 12.6 Å². The summed E-state index contributed by atoms with van der Waals surface area (Å²) in [6.45, 7) is 0.597. The van der Waals surface area contributed by atoms with Gasteiger partial charge in [-0.25, -0.2) is 5.10 Å². The van der Waals surface area contributed by atoms with Gasteiger partial charge >= 0.3 is 0 Å². The molecule has 1 atom stereocenters. The first kappa shape index (κ1) is 10.8. The maximum absolute atomic E-state index is 12.0. The highest BCUT2D eigenvalue weighted by Crippen LogP contribution is 2.18. The number of rotatable bonds is 2. The highest BCUT2D eigenvalue weighted by Gasteiger charge is 2.29. The lowest BCUT2D eigenvalue weighted by atomic mass is 10.2. The van der Waals surface area contributed by atoms with Crippen LogP contribution >= 0.6 is 0 Å². The van der Waals surface area contributed by atoms with Gasteiger partial charge < -0.3 is 10.0 Å². The van der Waals surface area contributed by atoms with E-state index in [1.165, 1.54) is 12.1 Å². The zero-order valence-corrected chi connectivity index (χ0v) is 8.72. The number of carbonyl (C=O) groups excluding carboxylic acids is 1. The van der Waals surface area contributed by atoms with Crippen molar-refractivity contribution in [3.63, 3.8) is 0 Å². The minimum Gasteiger partial charge on any atom is -0.394 e. The molecule has 86 valence electrons. The fourth-order valence-corrected chi connectivity index (χ4v) is 1.90. The molecule has 0 aliphatic carbocycles. The molecule has 0 radical (unpaired) electrons. The number of nitrogens with zero attached hydrogens (tertiary/aromatic N) is 2.